The molecule has 0 bridgehead atoms. The molecule has 0 aliphatic heterocycles. The van der Waals surface area contributed by atoms with Crippen molar-refractivity contribution in [2.24, 2.45) is 5.73 Å². The molecule has 0 atom stereocenters. The first kappa shape index (κ1) is 13.2. The highest BCUT2D eigenvalue weighted by Crippen LogP contribution is 2.24. The Kier molecular flexibility index (Phi) is 3.88. The molecular weight excluding hydrogens is 260 g/mol. The Labute approximate surface area is 116 Å². The van der Waals surface area contributed by atoms with E-state index >= 15 is 0 Å². The summed E-state index contributed by atoms with van der Waals surface area (Å²) in [4.78, 5) is 0. The number of halogens is 1. The van der Waals surface area contributed by atoms with Crippen LogP contribution in [-0.4, -0.2) is 9.78 Å². The Bertz CT molecular complexity index is 660. The number of allylic oxidation sites excluding steroid dienone is 2. The van der Waals surface area contributed by atoms with E-state index in [-0.39, 0.29) is 0 Å². The van der Waals surface area contributed by atoms with Crippen LogP contribution in [0.3, 0.4) is 0 Å². The lowest BCUT2D eigenvalue weighted by Crippen LogP contribution is -1.99. The molecule has 0 aliphatic rings. The third-order valence-electron chi connectivity index (χ3n) is 2.63. The zero-order valence-corrected chi connectivity index (χ0v) is 11.2. The second-order valence-corrected chi connectivity index (χ2v) is 4.58. The van der Waals surface area contributed by atoms with Gasteiger partial charge < -0.3 is 5.73 Å². The van der Waals surface area contributed by atoms with Crippen LogP contribution in [0.5, 0.6) is 0 Å². The maximum atomic E-state index is 8.83. The first-order valence-electron chi connectivity index (χ1n) is 5.76. The van der Waals surface area contributed by atoms with Crippen molar-refractivity contribution in [3.63, 3.8) is 0 Å². The molecular formula is C14H13ClN4. The zero-order valence-electron chi connectivity index (χ0n) is 10.5. The maximum absolute atomic E-state index is 8.83. The molecule has 1 aromatic heterocycles. The predicted octanol–water partition coefficient (Wildman–Crippen LogP) is 2.94. The number of hydrogen-bond acceptors (Lipinski definition) is 3. The van der Waals surface area contributed by atoms with Crippen molar-refractivity contribution in [3.05, 3.63) is 52.8 Å². The van der Waals surface area contributed by atoms with Gasteiger partial charge in [-0.3, -0.25) is 4.68 Å². The van der Waals surface area contributed by atoms with Gasteiger partial charge in [0.15, 0.2) is 0 Å². The number of benzene rings is 1. The minimum atomic E-state index is 0.437. The largest absolute Gasteiger partial charge is 0.402 e. The van der Waals surface area contributed by atoms with Crippen molar-refractivity contribution in [1.29, 1.82) is 5.26 Å². The molecule has 4 nitrogen and oxygen atoms in total. The van der Waals surface area contributed by atoms with Gasteiger partial charge in [0.05, 0.1) is 22.8 Å². The molecule has 1 heterocycles. The molecule has 2 N–H and O–H groups in total. The van der Waals surface area contributed by atoms with Gasteiger partial charge in [0.25, 0.3) is 0 Å². The van der Waals surface area contributed by atoms with Crippen LogP contribution in [0, 0.1) is 11.3 Å². The van der Waals surface area contributed by atoms with Gasteiger partial charge in [-0.15, -0.1) is 0 Å². The number of nitriles is 1. The highest BCUT2D eigenvalue weighted by molar-refractivity contribution is 6.32. The van der Waals surface area contributed by atoms with Crippen LogP contribution in [0.1, 0.15) is 12.5 Å². The second kappa shape index (κ2) is 5.59. The fourth-order valence-corrected chi connectivity index (χ4v) is 1.84. The molecule has 0 amide bonds. The smallest absolute Gasteiger partial charge is 0.101 e. The summed E-state index contributed by atoms with van der Waals surface area (Å²) in [5.41, 5.74) is 8.51. The summed E-state index contributed by atoms with van der Waals surface area (Å²) in [5, 5.41) is 13.7. The lowest BCUT2D eigenvalue weighted by molar-refractivity contribution is 0.700. The van der Waals surface area contributed by atoms with Gasteiger partial charge in [-0.2, -0.15) is 10.4 Å². The van der Waals surface area contributed by atoms with Gasteiger partial charge in [-0.1, -0.05) is 17.7 Å². The molecule has 5 heteroatoms. The maximum Gasteiger partial charge on any atom is 0.101 e. The first-order valence-corrected chi connectivity index (χ1v) is 6.13. The molecule has 19 heavy (non-hydrogen) atoms. The minimum absolute atomic E-state index is 0.437. The molecule has 0 aliphatic carbocycles. The lowest BCUT2D eigenvalue weighted by atomic mass is 10.1. The Morgan fingerprint density at radius 1 is 1.53 bits per heavy atom. The van der Waals surface area contributed by atoms with E-state index in [0.29, 0.717) is 17.1 Å². The van der Waals surface area contributed by atoms with Crippen molar-refractivity contribution in [1.82, 2.24) is 9.78 Å². The fourth-order valence-electron chi connectivity index (χ4n) is 1.62. The molecule has 1 aromatic carbocycles. The summed E-state index contributed by atoms with van der Waals surface area (Å²) < 4.78 is 1.79. The Morgan fingerprint density at radius 3 is 2.95 bits per heavy atom. The van der Waals surface area contributed by atoms with Gasteiger partial charge in [-0.05, 0) is 31.2 Å². The average Bonchev–Trinajstić information content (AvgIpc) is 2.85. The number of hydrogen-bond donors (Lipinski definition) is 1. The van der Waals surface area contributed by atoms with Crippen LogP contribution in [0.4, 0.5) is 0 Å². The predicted molar refractivity (Wildman–Crippen MR) is 75.3 cm³/mol. The molecule has 0 fully saturated rings. The molecule has 0 radical (unpaired) electrons. The van der Waals surface area contributed by atoms with Crippen molar-refractivity contribution in [2.45, 2.75) is 13.5 Å². The van der Waals surface area contributed by atoms with Crippen LogP contribution in [0.25, 0.3) is 11.3 Å². The SMILES string of the molecule is CC(N)=CCn1ccc(-c2ccc(C#N)c(Cl)c2)n1. The summed E-state index contributed by atoms with van der Waals surface area (Å²) in [6.07, 6.45) is 3.77. The first-order chi connectivity index (χ1) is 9.10. The molecule has 0 saturated heterocycles. The highest BCUT2D eigenvalue weighted by atomic mass is 35.5. The van der Waals surface area contributed by atoms with E-state index in [4.69, 9.17) is 22.6 Å². The van der Waals surface area contributed by atoms with Crippen LogP contribution in [-0.2, 0) is 6.54 Å². The number of aromatic nitrogens is 2. The second-order valence-electron chi connectivity index (χ2n) is 4.18. The number of nitrogens with zero attached hydrogens (tertiary/aromatic N) is 3. The highest BCUT2D eigenvalue weighted by Gasteiger charge is 2.05. The molecule has 0 unspecified atom stereocenters. The standard InChI is InChI=1S/C14H13ClN4/c1-10(17)4-6-19-7-5-14(18-19)11-2-3-12(9-16)13(15)8-11/h2-5,7-8H,6,17H2,1H3. The summed E-state index contributed by atoms with van der Waals surface area (Å²) >= 11 is 6.01. The van der Waals surface area contributed by atoms with Crippen molar-refractivity contribution < 1.29 is 0 Å². The average molecular weight is 273 g/mol. The molecule has 0 saturated carbocycles. The third kappa shape index (κ3) is 3.15. The molecule has 2 rings (SSSR count). The topological polar surface area (TPSA) is 67.6 Å². The van der Waals surface area contributed by atoms with E-state index in [9.17, 15) is 0 Å². The van der Waals surface area contributed by atoms with Crippen LogP contribution < -0.4 is 5.73 Å². The van der Waals surface area contributed by atoms with Crippen LogP contribution >= 0.6 is 11.6 Å². The Morgan fingerprint density at radius 2 is 2.32 bits per heavy atom. The van der Waals surface area contributed by atoms with Crippen LogP contribution in [0.15, 0.2) is 42.2 Å². The van der Waals surface area contributed by atoms with Gasteiger partial charge in [-0.25, -0.2) is 0 Å². The van der Waals surface area contributed by atoms with Crippen LogP contribution in [0.2, 0.25) is 5.02 Å². The van der Waals surface area contributed by atoms with Gasteiger partial charge in [0.2, 0.25) is 0 Å². The summed E-state index contributed by atoms with van der Waals surface area (Å²) in [6.45, 7) is 2.47. The zero-order chi connectivity index (χ0) is 13.8. The van der Waals surface area contributed by atoms with E-state index < -0.39 is 0 Å². The van der Waals surface area contributed by atoms with Crippen molar-refractivity contribution in [2.75, 3.05) is 0 Å². The van der Waals surface area contributed by atoms with Gasteiger partial charge in [0, 0.05) is 17.5 Å². The Balaban J connectivity index is 2.26. The summed E-state index contributed by atoms with van der Waals surface area (Å²) in [7, 11) is 0. The summed E-state index contributed by atoms with van der Waals surface area (Å²) in [5.74, 6) is 0. The third-order valence-corrected chi connectivity index (χ3v) is 2.94. The normalized spacial score (nSPS) is 11.3. The monoisotopic (exact) mass is 272 g/mol. The number of nitrogens with two attached hydrogens (primary N) is 1. The van der Waals surface area contributed by atoms with E-state index in [1.807, 2.05) is 37.4 Å². The van der Waals surface area contributed by atoms with Crippen molar-refractivity contribution >= 4 is 11.6 Å². The Hall–Kier alpha value is -2.25. The molecule has 2 aromatic rings. The number of rotatable bonds is 3. The van der Waals surface area contributed by atoms with Gasteiger partial charge >= 0.3 is 0 Å². The van der Waals surface area contributed by atoms with E-state index in [1.54, 1.807) is 16.8 Å². The summed E-state index contributed by atoms with van der Waals surface area (Å²) in [6, 6.07) is 9.21. The molecule has 0 spiro atoms. The van der Waals surface area contributed by atoms with E-state index in [2.05, 4.69) is 5.10 Å². The lowest BCUT2D eigenvalue weighted by Gasteiger charge is -2.00. The quantitative estimate of drug-likeness (QED) is 0.934. The molecule has 96 valence electrons. The fraction of sp³-hybridized carbons (Fsp3) is 0.143. The van der Waals surface area contributed by atoms with E-state index in [1.165, 1.54) is 0 Å². The van der Waals surface area contributed by atoms with E-state index in [0.717, 1.165) is 17.0 Å². The van der Waals surface area contributed by atoms with Gasteiger partial charge in [0.1, 0.15) is 6.07 Å². The minimum Gasteiger partial charge on any atom is -0.402 e. The van der Waals surface area contributed by atoms with Crippen molar-refractivity contribution in [3.8, 4) is 17.3 Å².